The van der Waals surface area contributed by atoms with Crippen LogP contribution in [0, 0.1) is 0 Å². The molecule has 1 amide bonds. The van der Waals surface area contributed by atoms with Gasteiger partial charge in [-0.2, -0.15) is 0 Å². The van der Waals surface area contributed by atoms with E-state index in [1.54, 1.807) is 0 Å². The van der Waals surface area contributed by atoms with Crippen LogP contribution in [0.5, 0.6) is 0 Å². The van der Waals surface area contributed by atoms with Gasteiger partial charge in [0.25, 0.3) is 0 Å². The molecule has 80 valence electrons. The van der Waals surface area contributed by atoms with Crippen LogP contribution in [-0.4, -0.2) is 43.0 Å². The van der Waals surface area contributed by atoms with Crippen LogP contribution in [0.3, 0.4) is 0 Å². The molecule has 1 atom stereocenters. The van der Waals surface area contributed by atoms with Gasteiger partial charge in [0.1, 0.15) is 6.04 Å². The summed E-state index contributed by atoms with van der Waals surface area (Å²) in [7, 11) is 0. The Hall–Kier alpha value is -0.870. The van der Waals surface area contributed by atoms with Crippen molar-refractivity contribution in [3.8, 4) is 0 Å². The lowest BCUT2D eigenvalue weighted by Crippen LogP contribution is -2.57. The van der Waals surface area contributed by atoms with Crippen molar-refractivity contribution >= 4 is 5.91 Å². The van der Waals surface area contributed by atoms with Gasteiger partial charge in [0.2, 0.25) is 5.91 Å². The maximum absolute atomic E-state index is 11.1. The Morgan fingerprint density at radius 3 is 3.00 bits per heavy atom. The summed E-state index contributed by atoms with van der Waals surface area (Å²) in [5.41, 5.74) is 6.48. The Labute approximate surface area is 85.1 Å². The average Bonchev–Trinajstić information content (AvgIpc) is 2.18. The van der Waals surface area contributed by atoms with E-state index >= 15 is 0 Å². The number of carbonyl (C=O) groups excluding carboxylic acids is 1. The van der Waals surface area contributed by atoms with Crippen LogP contribution < -0.4 is 11.1 Å². The smallest absolute Gasteiger partial charge is 0.236 e. The molecule has 1 rings (SSSR count). The molecule has 0 aliphatic carbocycles. The van der Waals surface area contributed by atoms with Crippen molar-refractivity contribution < 1.29 is 4.79 Å². The average molecular weight is 197 g/mol. The Morgan fingerprint density at radius 2 is 2.43 bits per heavy atom. The molecule has 0 bridgehead atoms. The van der Waals surface area contributed by atoms with Crippen LogP contribution in [0.4, 0.5) is 0 Å². The molecule has 1 fully saturated rings. The van der Waals surface area contributed by atoms with E-state index in [1.165, 1.54) is 0 Å². The summed E-state index contributed by atoms with van der Waals surface area (Å²) < 4.78 is 0. The summed E-state index contributed by atoms with van der Waals surface area (Å²) in [4.78, 5) is 13.2. The van der Waals surface area contributed by atoms with Gasteiger partial charge in [-0.15, -0.1) is 0 Å². The summed E-state index contributed by atoms with van der Waals surface area (Å²) in [6.07, 6.45) is 0.954. The van der Waals surface area contributed by atoms with Crippen LogP contribution in [0.15, 0.2) is 12.2 Å². The Bertz CT molecular complexity index is 227. The molecule has 1 saturated heterocycles. The monoisotopic (exact) mass is 197 g/mol. The van der Waals surface area contributed by atoms with E-state index in [0.717, 1.165) is 31.6 Å². The standard InChI is InChI=1S/C10H19N3O/c1-3-8(2)7-13-5-4-12-6-9(13)10(11)14/h9,12H,2-7H2,1H3,(H2,11,14). The predicted octanol–water partition coefficient (Wildman–Crippen LogP) is -0.288. The third-order valence-corrected chi connectivity index (χ3v) is 2.61. The van der Waals surface area contributed by atoms with Crippen molar-refractivity contribution in [2.75, 3.05) is 26.2 Å². The van der Waals surface area contributed by atoms with E-state index in [9.17, 15) is 4.79 Å². The molecule has 4 nitrogen and oxygen atoms in total. The zero-order valence-electron chi connectivity index (χ0n) is 8.75. The zero-order valence-corrected chi connectivity index (χ0v) is 8.75. The van der Waals surface area contributed by atoms with Gasteiger partial charge in [0, 0.05) is 26.2 Å². The highest BCUT2D eigenvalue weighted by molar-refractivity contribution is 5.80. The Balaban J connectivity index is 2.54. The Morgan fingerprint density at radius 1 is 1.71 bits per heavy atom. The second kappa shape index (κ2) is 5.12. The van der Waals surface area contributed by atoms with Crippen molar-refractivity contribution in [1.29, 1.82) is 0 Å². The minimum absolute atomic E-state index is 0.174. The third kappa shape index (κ3) is 2.82. The van der Waals surface area contributed by atoms with Gasteiger partial charge in [-0.1, -0.05) is 19.1 Å². The maximum atomic E-state index is 11.1. The van der Waals surface area contributed by atoms with Gasteiger partial charge in [0.15, 0.2) is 0 Å². The first-order valence-electron chi connectivity index (χ1n) is 5.06. The summed E-state index contributed by atoms with van der Waals surface area (Å²) in [5, 5.41) is 3.17. The van der Waals surface area contributed by atoms with Gasteiger partial charge in [-0.3, -0.25) is 9.69 Å². The highest BCUT2D eigenvalue weighted by Gasteiger charge is 2.26. The van der Waals surface area contributed by atoms with Crippen LogP contribution >= 0.6 is 0 Å². The Kier molecular flexibility index (Phi) is 4.10. The second-order valence-corrected chi connectivity index (χ2v) is 3.70. The van der Waals surface area contributed by atoms with Crippen LogP contribution in [0.2, 0.25) is 0 Å². The molecule has 1 unspecified atom stereocenters. The lowest BCUT2D eigenvalue weighted by molar-refractivity contribution is -0.123. The fourth-order valence-electron chi connectivity index (χ4n) is 1.62. The van der Waals surface area contributed by atoms with Crippen molar-refractivity contribution in [2.24, 2.45) is 5.73 Å². The third-order valence-electron chi connectivity index (χ3n) is 2.61. The number of carbonyl (C=O) groups is 1. The fourth-order valence-corrected chi connectivity index (χ4v) is 1.62. The first kappa shape index (κ1) is 11.2. The molecular weight excluding hydrogens is 178 g/mol. The van der Waals surface area contributed by atoms with Crippen molar-refractivity contribution in [1.82, 2.24) is 10.2 Å². The molecule has 0 aromatic heterocycles. The predicted molar refractivity (Wildman–Crippen MR) is 56.9 cm³/mol. The quantitative estimate of drug-likeness (QED) is 0.609. The van der Waals surface area contributed by atoms with Crippen LogP contribution in [0.1, 0.15) is 13.3 Å². The number of piperazine rings is 1. The highest BCUT2D eigenvalue weighted by atomic mass is 16.1. The molecule has 0 saturated carbocycles. The normalized spacial score (nSPS) is 23.4. The molecular formula is C10H19N3O. The van der Waals surface area contributed by atoms with E-state index < -0.39 is 0 Å². The van der Waals surface area contributed by atoms with E-state index in [4.69, 9.17) is 5.73 Å². The SMILES string of the molecule is C=C(CC)CN1CCNCC1C(N)=O. The number of amides is 1. The first-order valence-corrected chi connectivity index (χ1v) is 5.06. The van der Waals surface area contributed by atoms with Gasteiger partial charge in [0.05, 0.1) is 0 Å². The van der Waals surface area contributed by atoms with Gasteiger partial charge in [-0.25, -0.2) is 0 Å². The molecule has 0 aromatic carbocycles. The molecule has 0 aromatic rings. The molecule has 3 N–H and O–H groups in total. The van der Waals surface area contributed by atoms with E-state index in [0.29, 0.717) is 6.54 Å². The number of nitrogens with one attached hydrogen (secondary N) is 1. The number of primary amides is 1. The number of hydrogen-bond donors (Lipinski definition) is 2. The first-order chi connectivity index (χ1) is 6.65. The van der Waals surface area contributed by atoms with Crippen LogP contribution in [0.25, 0.3) is 0 Å². The summed E-state index contributed by atoms with van der Waals surface area (Å²) in [6.45, 7) is 9.25. The van der Waals surface area contributed by atoms with Gasteiger partial charge < -0.3 is 11.1 Å². The lowest BCUT2D eigenvalue weighted by atomic mass is 10.1. The van der Waals surface area contributed by atoms with Crippen molar-refractivity contribution in [3.63, 3.8) is 0 Å². The minimum atomic E-state index is -0.249. The van der Waals surface area contributed by atoms with Gasteiger partial charge >= 0.3 is 0 Å². The molecule has 0 spiro atoms. The molecule has 1 heterocycles. The summed E-state index contributed by atoms with van der Waals surface area (Å²) in [6, 6.07) is -0.174. The number of rotatable bonds is 4. The second-order valence-electron chi connectivity index (χ2n) is 3.70. The maximum Gasteiger partial charge on any atom is 0.236 e. The molecule has 0 radical (unpaired) electrons. The lowest BCUT2D eigenvalue weighted by Gasteiger charge is -2.34. The molecule has 14 heavy (non-hydrogen) atoms. The largest absolute Gasteiger partial charge is 0.368 e. The summed E-state index contributed by atoms with van der Waals surface area (Å²) in [5.74, 6) is -0.249. The minimum Gasteiger partial charge on any atom is -0.368 e. The number of hydrogen-bond acceptors (Lipinski definition) is 3. The van der Waals surface area contributed by atoms with Gasteiger partial charge in [-0.05, 0) is 6.42 Å². The summed E-state index contributed by atoms with van der Waals surface area (Å²) >= 11 is 0. The van der Waals surface area contributed by atoms with E-state index in [-0.39, 0.29) is 11.9 Å². The molecule has 4 heteroatoms. The van der Waals surface area contributed by atoms with Crippen molar-refractivity contribution in [2.45, 2.75) is 19.4 Å². The van der Waals surface area contributed by atoms with Crippen molar-refractivity contribution in [3.05, 3.63) is 12.2 Å². The van der Waals surface area contributed by atoms with Crippen LogP contribution in [-0.2, 0) is 4.79 Å². The number of nitrogens with two attached hydrogens (primary N) is 1. The fraction of sp³-hybridized carbons (Fsp3) is 0.700. The van der Waals surface area contributed by atoms with E-state index in [2.05, 4.69) is 23.7 Å². The van der Waals surface area contributed by atoms with E-state index in [1.807, 2.05) is 0 Å². The number of nitrogens with zero attached hydrogens (tertiary/aromatic N) is 1. The molecule has 1 aliphatic rings. The zero-order chi connectivity index (χ0) is 10.6. The molecule has 1 aliphatic heterocycles. The topological polar surface area (TPSA) is 58.4 Å². The highest BCUT2D eigenvalue weighted by Crippen LogP contribution is 2.07.